The number of nitriles is 1. The molecule has 1 saturated heterocycles. The van der Waals surface area contributed by atoms with Gasteiger partial charge < -0.3 is 4.90 Å². The minimum atomic E-state index is -0.244. The van der Waals surface area contributed by atoms with Crippen molar-refractivity contribution in [2.24, 2.45) is 5.41 Å². The SMILES string of the molecule is CCCNC1(C#N)CCC(N2CCC(C)(CC)CC2)C1. The van der Waals surface area contributed by atoms with Gasteiger partial charge in [-0.1, -0.05) is 27.2 Å². The monoisotopic (exact) mass is 277 g/mol. The summed E-state index contributed by atoms with van der Waals surface area (Å²) in [6.07, 6.45) is 8.28. The highest BCUT2D eigenvalue weighted by Crippen LogP contribution is 2.39. The highest BCUT2D eigenvalue weighted by atomic mass is 15.2. The summed E-state index contributed by atoms with van der Waals surface area (Å²) in [4.78, 5) is 2.66. The molecule has 0 aromatic heterocycles. The molecule has 1 saturated carbocycles. The zero-order valence-electron chi connectivity index (χ0n) is 13.5. The molecule has 2 rings (SSSR count). The van der Waals surface area contributed by atoms with Crippen molar-refractivity contribution in [1.29, 1.82) is 5.26 Å². The first-order chi connectivity index (χ1) is 9.56. The predicted molar refractivity (Wildman–Crippen MR) is 83.5 cm³/mol. The highest BCUT2D eigenvalue weighted by Gasteiger charge is 2.42. The molecule has 2 fully saturated rings. The number of hydrogen-bond donors (Lipinski definition) is 1. The van der Waals surface area contributed by atoms with E-state index in [1.54, 1.807) is 0 Å². The molecule has 0 bridgehead atoms. The third kappa shape index (κ3) is 3.35. The molecule has 114 valence electrons. The van der Waals surface area contributed by atoms with Crippen LogP contribution < -0.4 is 5.32 Å². The second-order valence-electron chi connectivity index (χ2n) is 7.22. The van der Waals surface area contributed by atoms with Crippen LogP contribution in [-0.4, -0.2) is 36.1 Å². The van der Waals surface area contributed by atoms with Gasteiger partial charge in [-0.15, -0.1) is 0 Å². The zero-order chi connectivity index (χ0) is 14.6. The first-order valence-electron chi connectivity index (χ1n) is 8.47. The van der Waals surface area contributed by atoms with Gasteiger partial charge in [0.15, 0.2) is 0 Å². The molecular weight excluding hydrogens is 246 g/mol. The van der Waals surface area contributed by atoms with Gasteiger partial charge in [-0.2, -0.15) is 5.26 Å². The van der Waals surface area contributed by atoms with E-state index < -0.39 is 0 Å². The van der Waals surface area contributed by atoms with E-state index >= 15 is 0 Å². The van der Waals surface area contributed by atoms with Crippen LogP contribution in [0.1, 0.15) is 65.7 Å². The van der Waals surface area contributed by atoms with Gasteiger partial charge in [-0.05, 0) is 63.6 Å². The Morgan fingerprint density at radius 3 is 2.50 bits per heavy atom. The van der Waals surface area contributed by atoms with E-state index in [1.165, 1.54) is 38.8 Å². The van der Waals surface area contributed by atoms with E-state index in [0.717, 1.165) is 25.8 Å². The van der Waals surface area contributed by atoms with Gasteiger partial charge in [-0.3, -0.25) is 5.32 Å². The molecule has 2 unspecified atom stereocenters. The number of nitrogens with one attached hydrogen (secondary N) is 1. The molecule has 0 aromatic rings. The standard InChI is InChI=1S/C17H31N3/c1-4-10-19-17(14-18)7-6-15(13-17)20-11-8-16(3,5-2)9-12-20/h15,19H,4-13H2,1-3H3. The van der Waals surface area contributed by atoms with Crippen LogP contribution in [-0.2, 0) is 0 Å². The Morgan fingerprint density at radius 1 is 1.25 bits per heavy atom. The van der Waals surface area contributed by atoms with Gasteiger partial charge in [-0.25, -0.2) is 0 Å². The van der Waals surface area contributed by atoms with E-state index in [0.29, 0.717) is 11.5 Å². The van der Waals surface area contributed by atoms with Crippen molar-refractivity contribution in [3.05, 3.63) is 0 Å². The summed E-state index contributed by atoms with van der Waals surface area (Å²) < 4.78 is 0. The fraction of sp³-hybridized carbons (Fsp3) is 0.941. The molecular formula is C17H31N3. The van der Waals surface area contributed by atoms with E-state index in [2.05, 4.69) is 37.1 Å². The summed E-state index contributed by atoms with van der Waals surface area (Å²) in [5.41, 5.74) is 0.314. The fourth-order valence-corrected chi connectivity index (χ4v) is 3.78. The molecule has 1 heterocycles. The average molecular weight is 277 g/mol. The van der Waals surface area contributed by atoms with Crippen LogP contribution in [0.15, 0.2) is 0 Å². The molecule has 2 atom stereocenters. The molecule has 3 nitrogen and oxygen atoms in total. The maximum absolute atomic E-state index is 9.55. The maximum atomic E-state index is 9.55. The second kappa shape index (κ2) is 6.45. The second-order valence-corrected chi connectivity index (χ2v) is 7.22. The van der Waals surface area contributed by atoms with Gasteiger partial charge in [0.2, 0.25) is 0 Å². The quantitative estimate of drug-likeness (QED) is 0.838. The van der Waals surface area contributed by atoms with Crippen molar-refractivity contribution in [2.45, 2.75) is 77.3 Å². The molecule has 1 N–H and O–H groups in total. The summed E-state index contributed by atoms with van der Waals surface area (Å²) >= 11 is 0. The zero-order valence-corrected chi connectivity index (χ0v) is 13.5. The van der Waals surface area contributed by atoms with Crippen LogP contribution in [0.4, 0.5) is 0 Å². The molecule has 0 amide bonds. The third-order valence-corrected chi connectivity index (χ3v) is 5.79. The Bertz CT molecular complexity index is 352. The minimum absolute atomic E-state index is 0.244. The van der Waals surface area contributed by atoms with E-state index in [-0.39, 0.29) is 5.54 Å². The smallest absolute Gasteiger partial charge is 0.108 e. The largest absolute Gasteiger partial charge is 0.300 e. The first kappa shape index (κ1) is 15.8. The summed E-state index contributed by atoms with van der Waals surface area (Å²) in [6.45, 7) is 10.3. The van der Waals surface area contributed by atoms with Crippen molar-refractivity contribution in [2.75, 3.05) is 19.6 Å². The Kier molecular flexibility index (Phi) is 5.09. The molecule has 20 heavy (non-hydrogen) atoms. The summed E-state index contributed by atoms with van der Waals surface area (Å²) in [7, 11) is 0. The van der Waals surface area contributed by atoms with Gasteiger partial charge in [0.25, 0.3) is 0 Å². The van der Waals surface area contributed by atoms with E-state index in [4.69, 9.17) is 0 Å². The number of nitrogens with zero attached hydrogens (tertiary/aromatic N) is 2. The lowest BCUT2D eigenvalue weighted by Crippen LogP contribution is -2.47. The van der Waals surface area contributed by atoms with Gasteiger partial charge in [0.05, 0.1) is 6.07 Å². The number of piperidine rings is 1. The Morgan fingerprint density at radius 2 is 1.95 bits per heavy atom. The lowest BCUT2D eigenvalue weighted by atomic mass is 9.78. The Hall–Kier alpha value is -0.590. The third-order valence-electron chi connectivity index (χ3n) is 5.79. The van der Waals surface area contributed by atoms with Crippen molar-refractivity contribution in [3.8, 4) is 6.07 Å². The first-order valence-corrected chi connectivity index (χ1v) is 8.47. The number of hydrogen-bond acceptors (Lipinski definition) is 3. The summed E-state index contributed by atoms with van der Waals surface area (Å²) in [6, 6.07) is 3.20. The van der Waals surface area contributed by atoms with Crippen LogP contribution in [0, 0.1) is 16.7 Å². The van der Waals surface area contributed by atoms with Crippen LogP contribution in [0.2, 0.25) is 0 Å². The summed E-state index contributed by atoms with van der Waals surface area (Å²) in [5, 5.41) is 13.1. The van der Waals surface area contributed by atoms with Crippen molar-refractivity contribution in [3.63, 3.8) is 0 Å². The van der Waals surface area contributed by atoms with Crippen LogP contribution in [0.5, 0.6) is 0 Å². The van der Waals surface area contributed by atoms with Gasteiger partial charge >= 0.3 is 0 Å². The van der Waals surface area contributed by atoms with E-state index in [1.807, 2.05) is 0 Å². The lowest BCUT2D eigenvalue weighted by molar-refractivity contribution is 0.0805. The van der Waals surface area contributed by atoms with Crippen LogP contribution in [0.25, 0.3) is 0 Å². The average Bonchev–Trinajstić information content (AvgIpc) is 2.91. The van der Waals surface area contributed by atoms with Gasteiger partial charge in [0.1, 0.15) is 5.54 Å². The number of likely N-dealkylation sites (tertiary alicyclic amines) is 1. The van der Waals surface area contributed by atoms with E-state index in [9.17, 15) is 5.26 Å². The van der Waals surface area contributed by atoms with Crippen molar-refractivity contribution in [1.82, 2.24) is 10.2 Å². The van der Waals surface area contributed by atoms with Crippen molar-refractivity contribution < 1.29 is 0 Å². The number of rotatable bonds is 5. The summed E-state index contributed by atoms with van der Waals surface area (Å²) in [5.74, 6) is 0. The normalized spacial score (nSPS) is 34.0. The Labute approximate surface area is 124 Å². The molecule has 0 radical (unpaired) electrons. The maximum Gasteiger partial charge on any atom is 0.108 e. The molecule has 1 aliphatic heterocycles. The van der Waals surface area contributed by atoms with Gasteiger partial charge in [0, 0.05) is 6.04 Å². The molecule has 3 heteroatoms. The molecule has 2 aliphatic rings. The van der Waals surface area contributed by atoms with Crippen LogP contribution >= 0.6 is 0 Å². The Balaban J connectivity index is 1.89. The predicted octanol–water partition coefficient (Wildman–Crippen LogP) is 3.31. The topological polar surface area (TPSA) is 39.1 Å². The van der Waals surface area contributed by atoms with Crippen molar-refractivity contribution >= 4 is 0 Å². The fourth-order valence-electron chi connectivity index (χ4n) is 3.78. The minimum Gasteiger partial charge on any atom is -0.300 e. The molecule has 0 aromatic carbocycles. The molecule has 0 spiro atoms. The highest BCUT2D eigenvalue weighted by molar-refractivity contribution is 5.13. The van der Waals surface area contributed by atoms with Crippen LogP contribution in [0.3, 0.4) is 0 Å². The lowest BCUT2D eigenvalue weighted by Gasteiger charge is -2.41. The molecule has 1 aliphatic carbocycles.